The van der Waals surface area contributed by atoms with Crippen molar-refractivity contribution in [3.63, 3.8) is 0 Å². The topological polar surface area (TPSA) is 87.0 Å². The zero-order chi connectivity index (χ0) is 21.0. The summed E-state index contributed by atoms with van der Waals surface area (Å²) in [5.41, 5.74) is 2.59. The van der Waals surface area contributed by atoms with E-state index in [1.165, 1.54) is 21.1 Å². The van der Waals surface area contributed by atoms with E-state index in [0.717, 1.165) is 10.9 Å². The van der Waals surface area contributed by atoms with Gasteiger partial charge in [0.15, 0.2) is 6.10 Å². The van der Waals surface area contributed by atoms with Gasteiger partial charge in [-0.25, -0.2) is 4.79 Å². The van der Waals surface area contributed by atoms with Gasteiger partial charge in [-0.2, -0.15) is 0 Å². The van der Waals surface area contributed by atoms with Crippen molar-refractivity contribution in [1.29, 1.82) is 0 Å². The van der Waals surface area contributed by atoms with Crippen LogP contribution in [-0.2, 0) is 20.9 Å². The summed E-state index contributed by atoms with van der Waals surface area (Å²) in [6.45, 7) is 3.58. The molecule has 1 heterocycles. The summed E-state index contributed by atoms with van der Waals surface area (Å²) in [6.07, 6.45) is -1.05. The highest BCUT2D eigenvalue weighted by molar-refractivity contribution is 6.00. The quantitative estimate of drug-likeness (QED) is 0.605. The summed E-state index contributed by atoms with van der Waals surface area (Å²) in [5, 5.41) is 3.50. The smallest absolute Gasteiger partial charge is 0.375 e. The van der Waals surface area contributed by atoms with Gasteiger partial charge >= 0.3 is 5.97 Å². The number of aryl methyl sites for hydroxylation is 1. The Labute approximate surface area is 168 Å². The summed E-state index contributed by atoms with van der Waals surface area (Å²) in [6, 6.07) is 12.7. The van der Waals surface area contributed by atoms with Crippen LogP contribution in [0.2, 0.25) is 0 Å². The van der Waals surface area contributed by atoms with E-state index >= 15 is 0 Å². The molecular weight excluding hydrogens is 374 g/mol. The van der Waals surface area contributed by atoms with E-state index in [0.29, 0.717) is 22.6 Å². The number of rotatable bonds is 7. The van der Waals surface area contributed by atoms with E-state index in [-0.39, 0.29) is 12.4 Å². The summed E-state index contributed by atoms with van der Waals surface area (Å²) in [7, 11) is 3.05. The van der Waals surface area contributed by atoms with Crippen LogP contribution in [0.15, 0.2) is 46.9 Å². The Kier molecular flexibility index (Phi) is 6.19. The van der Waals surface area contributed by atoms with E-state index in [4.69, 9.17) is 18.6 Å². The van der Waals surface area contributed by atoms with Crippen molar-refractivity contribution in [2.24, 2.45) is 0 Å². The number of furan rings is 1. The number of anilines is 1. The molecule has 3 rings (SSSR count). The lowest BCUT2D eigenvalue weighted by molar-refractivity contribution is -0.123. The average molecular weight is 397 g/mol. The van der Waals surface area contributed by atoms with Gasteiger partial charge < -0.3 is 23.9 Å². The van der Waals surface area contributed by atoms with Crippen LogP contribution < -0.4 is 10.1 Å². The van der Waals surface area contributed by atoms with Gasteiger partial charge in [-0.05, 0) is 37.6 Å². The molecule has 3 aromatic rings. The van der Waals surface area contributed by atoms with Gasteiger partial charge in [0.25, 0.3) is 5.91 Å². The van der Waals surface area contributed by atoms with E-state index in [9.17, 15) is 9.59 Å². The standard InChI is InChI=1S/C22H23NO6/c1-13-9-10-19(27-4)17(11-13)23-21(24)14(2)28-22(25)20-16(12-26-3)15-7-5-6-8-18(15)29-20/h5-11,14H,12H2,1-4H3,(H,23,24). The Balaban J connectivity index is 1.77. The molecule has 29 heavy (non-hydrogen) atoms. The van der Waals surface area contributed by atoms with Gasteiger partial charge in [0.1, 0.15) is 11.3 Å². The van der Waals surface area contributed by atoms with Gasteiger partial charge in [0, 0.05) is 18.1 Å². The van der Waals surface area contributed by atoms with Crippen molar-refractivity contribution in [2.45, 2.75) is 26.6 Å². The maximum Gasteiger partial charge on any atom is 0.375 e. The fraction of sp³-hybridized carbons (Fsp3) is 0.273. The molecule has 1 N–H and O–H groups in total. The number of nitrogens with one attached hydrogen (secondary N) is 1. The zero-order valence-corrected chi connectivity index (χ0v) is 16.8. The molecular formula is C22H23NO6. The minimum atomic E-state index is -1.05. The molecule has 0 aliphatic carbocycles. The second kappa shape index (κ2) is 8.79. The van der Waals surface area contributed by atoms with Crippen LogP contribution in [0.4, 0.5) is 5.69 Å². The molecule has 0 saturated carbocycles. The molecule has 1 amide bonds. The molecule has 0 spiro atoms. The Hall–Kier alpha value is -3.32. The summed E-state index contributed by atoms with van der Waals surface area (Å²) in [4.78, 5) is 25.2. The third-order valence-electron chi connectivity index (χ3n) is 4.44. The Morgan fingerprint density at radius 2 is 1.90 bits per heavy atom. The zero-order valence-electron chi connectivity index (χ0n) is 16.8. The summed E-state index contributed by atoms with van der Waals surface area (Å²) >= 11 is 0. The Morgan fingerprint density at radius 3 is 2.62 bits per heavy atom. The number of amides is 1. The number of esters is 1. The highest BCUT2D eigenvalue weighted by Gasteiger charge is 2.26. The number of fused-ring (bicyclic) bond motifs is 1. The van der Waals surface area contributed by atoms with Crippen LogP contribution in [0.1, 0.15) is 28.6 Å². The van der Waals surface area contributed by atoms with Crippen LogP contribution in [0.5, 0.6) is 5.75 Å². The highest BCUT2D eigenvalue weighted by atomic mass is 16.6. The van der Waals surface area contributed by atoms with Crippen molar-refractivity contribution in [3.05, 3.63) is 59.4 Å². The first-order valence-electron chi connectivity index (χ1n) is 9.10. The largest absolute Gasteiger partial charge is 0.495 e. The molecule has 0 aliphatic rings. The second-order valence-corrected chi connectivity index (χ2v) is 6.58. The number of para-hydroxylation sites is 1. The molecule has 152 valence electrons. The highest BCUT2D eigenvalue weighted by Crippen LogP contribution is 2.28. The average Bonchev–Trinajstić information content (AvgIpc) is 3.07. The van der Waals surface area contributed by atoms with Gasteiger partial charge in [0.05, 0.1) is 19.4 Å². The monoisotopic (exact) mass is 397 g/mol. The van der Waals surface area contributed by atoms with Crippen molar-refractivity contribution >= 4 is 28.5 Å². The molecule has 0 fully saturated rings. The van der Waals surface area contributed by atoms with Crippen LogP contribution >= 0.6 is 0 Å². The fourth-order valence-electron chi connectivity index (χ4n) is 2.97. The maximum absolute atomic E-state index is 12.7. The Morgan fingerprint density at radius 1 is 1.14 bits per heavy atom. The second-order valence-electron chi connectivity index (χ2n) is 6.58. The number of carbonyl (C=O) groups is 2. The molecule has 7 heteroatoms. The van der Waals surface area contributed by atoms with Gasteiger partial charge in [-0.3, -0.25) is 4.79 Å². The third-order valence-corrected chi connectivity index (χ3v) is 4.44. The summed E-state index contributed by atoms with van der Waals surface area (Å²) in [5.74, 6) is -0.665. The van der Waals surface area contributed by atoms with Crippen LogP contribution in [0.25, 0.3) is 11.0 Å². The predicted molar refractivity (Wildman–Crippen MR) is 108 cm³/mol. The number of hydrogen-bond donors (Lipinski definition) is 1. The number of methoxy groups -OCH3 is 2. The lowest BCUT2D eigenvalue weighted by atomic mass is 10.1. The molecule has 0 aliphatic heterocycles. The van der Waals surface area contributed by atoms with E-state index in [2.05, 4.69) is 5.32 Å². The normalized spacial score (nSPS) is 11.9. The molecule has 0 saturated heterocycles. The number of ether oxygens (including phenoxy) is 3. The van der Waals surface area contributed by atoms with Gasteiger partial charge in [-0.15, -0.1) is 0 Å². The van der Waals surface area contributed by atoms with Crippen LogP contribution in [0.3, 0.4) is 0 Å². The molecule has 0 radical (unpaired) electrons. The first-order valence-corrected chi connectivity index (χ1v) is 9.10. The SMILES string of the molecule is COCc1c(C(=O)OC(C)C(=O)Nc2cc(C)ccc2OC)oc2ccccc12. The van der Waals surface area contributed by atoms with Crippen molar-refractivity contribution in [1.82, 2.24) is 0 Å². The molecule has 0 bridgehead atoms. The third kappa shape index (κ3) is 4.41. The minimum Gasteiger partial charge on any atom is -0.495 e. The lowest BCUT2D eigenvalue weighted by Crippen LogP contribution is -2.30. The first-order chi connectivity index (χ1) is 13.9. The van der Waals surface area contributed by atoms with E-state index < -0.39 is 18.0 Å². The first kappa shape index (κ1) is 20.4. The van der Waals surface area contributed by atoms with Crippen molar-refractivity contribution in [2.75, 3.05) is 19.5 Å². The van der Waals surface area contributed by atoms with Gasteiger partial charge in [-0.1, -0.05) is 24.3 Å². The molecule has 2 aromatic carbocycles. The molecule has 1 aromatic heterocycles. The van der Waals surface area contributed by atoms with Crippen molar-refractivity contribution < 1.29 is 28.2 Å². The number of benzene rings is 2. The Bertz CT molecular complexity index is 1040. The summed E-state index contributed by atoms with van der Waals surface area (Å²) < 4.78 is 21.5. The lowest BCUT2D eigenvalue weighted by Gasteiger charge is -2.15. The maximum atomic E-state index is 12.7. The fourth-order valence-corrected chi connectivity index (χ4v) is 2.97. The predicted octanol–water partition coefficient (Wildman–Crippen LogP) is 4.08. The van der Waals surface area contributed by atoms with E-state index in [1.807, 2.05) is 31.2 Å². The molecule has 1 unspecified atom stereocenters. The number of carbonyl (C=O) groups excluding carboxylic acids is 2. The minimum absolute atomic E-state index is 0.0286. The van der Waals surface area contributed by atoms with E-state index in [1.54, 1.807) is 18.2 Å². The van der Waals surface area contributed by atoms with Crippen molar-refractivity contribution in [3.8, 4) is 5.75 Å². The number of hydrogen-bond acceptors (Lipinski definition) is 6. The molecule has 1 atom stereocenters. The van der Waals surface area contributed by atoms with Crippen LogP contribution in [0, 0.1) is 6.92 Å². The van der Waals surface area contributed by atoms with Gasteiger partial charge in [0.2, 0.25) is 5.76 Å². The molecule has 7 nitrogen and oxygen atoms in total. The van der Waals surface area contributed by atoms with Crippen LogP contribution in [-0.4, -0.2) is 32.2 Å².